The molecule has 0 unspecified atom stereocenters. The molecule has 4 aromatic rings. The van der Waals surface area contributed by atoms with E-state index in [9.17, 15) is 14.4 Å². The minimum atomic E-state index is -0.317. The van der Waals surface area contributed by atoms with Gasteiger partial charge in [0.1, 0.15) is 0 Å². The number of carbonyl (C=O) groups excluding carboxylic acids is 2. The first-order chi connectivity index (χ1) is 15.6. The van der Waals surface area contributed by atoms with Gasteiger partial charge in [0.15, 0.2) is 10.9 Å². The minimum absolute atomic E-state index is 0.0994. The van der Waals surface area contributed by atoms with E-state index in [4.69, 9.17) is 0 Å². The van der Waals surface area contributed by atoms with Crippen LogP contribution in [-0.2, 0) is 6.54 Å². The van der Waals surface area contributed by atoms with Crippen LogP contribution < -0.4 is 11.0 Å². The molecule has 0 saturated heterocycles. The number of nitrogens with one attached hydrogen (secondary N) is 2. The predicted octanol–water partition coefficient (Wildman–Crippen LogP) is 3.85. The lowest BCUT2D eigenvalue weighted by Gasteiger charge is -2.07. The van der Waals surface area contributed by atoms with E-state index < -0.39 is 0 Å². The van der Waals surface area contributed by atoms with Crippen molar-refractivity contribution in [3.63, 3.8) is 0 Å². The van der Waals surface area contributed by atoms with E-state index in [1.165, 1.54) is 16.3 Å². The standard InChI is InChI=1S/C24H20N4O3S/c29-21(16-32-24-27-26-23(31)28(24)15-17-7-3-1-4-8-17)18-11-13-20(14-12-18)25-22(30)19-9-5-2-6-10-19/h1-14H,15-16H2,(H,25,30)(H,26,31). The third kappa shape index (κ3) is 5.22. The lowest BCUT2D eigenvalue weighted by molar-refractivity contribution is 0.101. The number of hydrogen-bond donors (Lipinski definition) is 2. The topological polar surface area (TPSA) is 96.8 Å². The van der Waals surface area contributed by atoms with Crippen molar-refractivity contribution < 1.29 is 9.59 Å². The van der Waals surface area contributed by atoms with Crippen LogP contribution in [0.3, 0.4) is 0 Å². The highest BCUT2D eigenvalue weighted by Crippen LogP contribution is 2.18. The van der Waals surface area contributed by atoms with Crippen LogP contribution in [0.5, 0.6) is 0 Å². The molecule has 0 bridgehead atoms. The van der Waals surface area contributed by atoms with Crippen LogP contribution in [0.1, 0.15) is 26.3 Å². The Bertz CT molecular complexity index is 1270. The first-order valence-electron chi connectivity index (χ1n) is 9.92. The molecule has 8 heteroatoms. The first-order valence-corrected chi connectivity index (χ1v) is 10.9. The fraction of sp³-hybridized carbons (Fsp3) is 0.0833. The van der Waals surface area contributed by atoms with Crippen LogP contribution in [0.15, 0.2) is 94.9 Å². The maximum atomic E-state index is 12.6. The Morgan fingerprint density at radius 2 is 1.53 bits per heavy atom. The summed E-state index contributed by atoms with van der Waals surface area (Å²) in [4.78, 5) is 37.0. The van der Waals surface area contributed by atoms with Gasteiger partial charge in [0.25, 0.3) is 5.91 Å². The highest BCUT2D eigenvalue weighted by Gasteiger charge is 2.13. The molecule has 4 rings (SSSR count). The van der Waals surface area contributed by atoms with Gasteiger partial charge in [-0.15, -0.1) is 5.10 Å². The summed E-state index contributed by atoms with van der Waals surface area (Å²) in [6, 6.07) is 25.2. The SMILES string of the molecule is O=C(CSc1n[nH]c(=O)n1Cc1ccccc1)c1ccc(NC(=O)c2ccccc2)cc1. The molecule has 1 heterocycles. The van der Waals surface area contributed by atoms with Gasteiger partial charge in [-0.1, -0.05) is 60.3 Å². The van der Waals surface area contributed by atoms with E-state index >= 15 is 0 Å². The van der Waals surface area contributed by atoms with Crippen LogP contribution in [0.4, 0.5) is 5.69 Å². The summed E-state index contributed by atoms with van der Waals surface area (Å²) in [6.07, 6.45) is 0. The average molecular weight is 445 g/mol. The number of ketones is 1. The Labute approximate surface area is 188 Å². The Kier molecular flexibility index (Phi) is 6.62. The van der Waals surface area contributed by atoms with Crippen LogP contribution in [-0.4, -0.2) is 32.2 Å². The molecule has 1 aromatic heterocycles. The molecule has 7 nitrogen and oxygen atoms in total. The Morgan fingerprint density at radius 1 is 0.875 bits per heavy atom. The number of benzene rings is 3. The van der Waals surface area contributed by atoms with Crippen molar-refractivity contribution in [3.8, 4) is 0 Å². The van der Waals surface area contributed by atoms with E-state index in [2.05, 4.69) is 15.5 Å². The van der Waals surface area contributed by atoms with Gasteiger partial charge >= 0.3 is 5.69 Å². The highest BCUT2D eigenvalue weighted by atomic mass is 32.2. The number of aromatic amines is 1. The molecule has 0 atom stereocenters. The predicted molar refractivity (Wildman–Crippen MR) is 124 cm³/mol. The molecule has 32 heavy (non-hydrogen) atoms. The summed E-state index contributed by atoms with van der Waals surface area (Å²) >= 11 is 1.20. The summed E-state index contributed by atoms with van der Waals surface area (Å²) < 4.78 is 1.51. The van der Waals surface area contributed by atoms with Crippen LogP contribution in [0.25, 0.3) is 0 Å². The van der Waals surface area contributed by atoms with Crippen molar-refractivity contribution in [1.29, 1.82) is 0 Å². The summed E-state index contributed by atoms with van der Waals surface area (Å²) in [5, 5.41) is 9.75. The summed E-state index contributed by atoms with van der Waals surface area (Å²) in [7, 11) is 0. The third-order valence-corrected chi connectivity index (χ3v) is 5.72. The van der Waals surface area contributed by atoms with Crippen LogP contribution >= 0.6 is 11.8 Å². The van der Waals surface area contributed by atoms with Crippen molar-refractivity contribution in [3.05, 3.63) is 112 Å². The molecule has 160 valence electrons. The van der Waals surface area contributed by atoms with Gasteiger partial charge in [-0.05, 0) is 42.0 Å². The molecule has 0 aliphatic heterocycles. The largest absolute Gasteiger partial charge is 0.344 e. The highest BCUT2D eigenvalue weighted by molar-refractivity contribution is 7.99. The zero-order valence-corrected chi connectivity index (χ0v) is 17.8. The lowest BCUT2D eigenvalue weighted by Crippen LogP contribution is -2.18. The van der Waals surface area contributed by atoms with E-state index in [1.54, 1.807) is 48.5 Å². The van der Waals surface area contributed by atoms with Crippen molar-refractivity contribution in [2.45, 2.75) is 11.7 Å². The van der Waals surface area contributed by atoms with Gasteiger partial charge in [-0.25, -0.2) is 9.89 Å². The number of thioether (sulfide) groups is 1. The zero-order valence-electron chi connectivity index (χ0n) is 17.0. The number of carbonyl (C=O) groups is 2. The third-order valence-electron chi connectivity index (χ3n) is 4.74. The number of hydrogen-bond acceptors (Lipinski definition) is 5. The molecule has 0 spiro atoms. The second kappa shape index (κ2) is 9.93. The Balaban J connectivity index is 1.37. The van der Waals surface area contributed by atoms with E-state index in [0.29, 0.717) is 28.5 Å². The second-order valence-corrected chi connectivity index (χ2v) is 7.93. The van der Waals surface area contributed by atoms with Gasteiger partial charge in [-0.2, -0.15) is 0 Å². The van der Waals surface area contributed by atoms with E-state index in [0.717, 1.165) is 5.56 Å². The number of anilines is 1. The molecular weight excluding hydrogens is 424 g/mol. The van der Waals surface area contributed by atoms with Gasteiger partial charge in [0.05, 0.1) is 12.3 Å². The summed E-state index contributed by atoms with van der Waals surface area (Å²) in [6.45, 7) is 0.377. The molecular formula is C24H20N4O3S. The van der Waals surface area contributed by atoms with Crippen molar-refractivity contribution in [2.75, 3.05) is 11.1 Å². The quantitative estimate of drug-likeness (QED) is 0.318. The van der Waals surface area contributed by atoms with Crippen LogP contribution in [0.2, 0.25) is 0 Å². The van der Waals surface area contributed by atoms with Gasteiger partial charge in [0, 0.05) is 16.8 Å². The second-order valence-electron chi connectivity index (χ2n) is 6.99. The minimum Gasteiger partial charge on any atom is -0.322 e. The fourth-order valence-corrected chi connectivity index (χ4v) is 3.90. The molecule has 3 aromatic carbocycles. The molecule has 0 aliphatic carbocycles. The number of rotatable bonds is 8. The average Bonchev–Trinajstić information content (AvgIpc) is 3.18. The normalized spacial score (nSPS) is 10.6. The summed E-state index contributed by atoms with van der Waals surface area (Å²) in [5.74, 6) is -0.178. The van der Waals surface area contributed by atoms with E-state index in [-0.39, 0.29) is 23.1 Å². The smallest absolute Gasteiger partial charge is 0.322 e. The summed E-state index contributed by atoms with van der Waals surface area (Å²) in [5.41, 5.74) is 2.33. The maximum Gasteiger partial charge on any atom is 0.344 e. The number of H-pyrrole nitrogens is 1. The van der Waals surface area contributed by atoms with Crippen molar-refractivity contribution >= 4 is 29.1 Å². The van der Waals surface area contributed by atoms with Crippen molar-refractivity contribution in [2.24, 2.45) is 0 Å². The molecule has 2 N–H and O–H groups in total. The number of aromatic nitrogens is 3. The molecule has 0 aliphatic rings. The molecule has 0 radical (unpaired) electrons. The molecule has 0 saturated carbocycles. The van der Waals surface area contributed by atoms with Gasteiger partial charge in [0.2, 0.25) is 0 Å². The number of nitrogens with zero attached hydrogens (tertiary/aromatic N) is 2. The first kappa shape index (κ1) is 21.3. The monoisotopic (exact) mass is 444 g/mol. The number of Topliss-reactive ketones (excluding diaryl/α,β-unsaturated/α-hetero) is 1. The lowest BCUT2D eigenvalue weighted by atomic mass is 10.1. The Morgan fingerprint density at radius 3 is 2.22 bits per heavy atom. The fourth-order valence-electron chi connectivity index (χ4n) is 3.06. The van der Waals surface area contributed by atoms with Gasteiger partial charge < -0.3 is 5.32 Å². The van der Waals surface area contributed by atoms with Crippen molar-refractivity contribution in [1.82, 2.24) is 14.8 Å². The zero-order chi connectivity index (χ0) is 22.3. The number of amides is 1. The van der Waals surface area contributed by atoms with Gasteiger partial charge in [-0.3, -0.25) is 14.2 Å². The molecule has 0 fully saturated rings. The molecule has 1 amide bonds. The maximum absolute atomic E-state index is 12.6. The Hall–Kier alpha value is -3.91. The van der Waals surface area contributed by atoms with Crippen LogP contribution in [0, 0.1) is 0 Å². The van der Waals surface area contributed by atoms with E-state index in [1.807, 2.05) is 36.4 Å².